The Kier molecular flexibility index (Phi) is 7.20. The first-order valence-corrected chi connectivity index (χ1v) is 5.78. The maximum Gasteiger partial charge on any atom is 0.0469 e. The van der Waals surface area contributed by atoms with Gasteiger partial charge >= 0.3 is 0 Å². The van der Waals surface area contributed by atoms with Crippen molar-refractivity contribution < 1.29 is 4.74 Å². The molecule has 0 radical (unpaired) electrons. The van der Waals surface area contributed by atoms with Gasteiger partial charge in [-0.3, -0.25) is 0 Å². The van der Waals surface area contributed by atoms with Gasteiger partial charge in [0.25, 0.3) is 0 Å². The van der Waals surface area contributed by atoms with E-state index in [4.69, 9.17) is 4.74 Å². The summed E-state index contributed by atoms with van der Waals surface area (Å²) >= 11 is 0. The fourth-order valence-corrected chi connectivity index (χ4v) is 1.11. The fourth-order valence-electron chi connectivity index (χ4n) is 1.11. The summed E-state index contributed by atoms with van der Waals surface area (Å²) in [5.74, 6) is 0.700. The smallest absolute Gasteiger partial charge is 0.0469 e. The van der Waals surface area contributed by atoms with Gasteiger partial charge in [-0.25, -0.2) is 0 Å². The minimum Gasteiger partial charge on any atom is -0.381 e. The quantitative estimate of drug-likeness (QED) is 0.640. The highest BCUT2D eigenvalue weighted by molar-refractivity contribution is 4.71. The van der Waals surface area contributed by atoms with Crippen molar-refractivity contribution in [1.29, 1.82) is 0 Å². The third-order valence-electron chi connectivity index (χ3n) is 2.08. The summed E-state index contributed by atoms with van der Waals surface area (Å²) in [5.41, 5.74) is 0.235. The molecular weight excluding hydrogens is 174 g/mol. The van der Waals surface area contributed by atoms with Crippen LogP contribution >= 0.6 is 0 Å². The summed E-state index contributed by atoms with van der Waals surface area (Å²) in [6.45, 7) is 13.9. The molecule has 0 bridgehead atoms. The molecule has 0 aromatic heterocycles. The van der Waals surface area contributed by atoms with Crippen molar-refractivity contribution in [2.75, 3.05) is 19.8 Å². The van der Waals surface area contributed by atoms with Gasteiger partial charge in [0.05, 0.1) is 0 Å². The van der Waals surface area contributed by atoms with E-state index in [1.165, 1.54) is 0 Å². The van der Waals surface area contributed by atoms with E-state index < -0.39 is 0 Å². The highest BCUT2D eigenvalue weighted by Gasteiger charge is 2.10. The van der Waals surface area contributed by atoms with Crippen LogP contribution in [0.5, 0.6) is 0 Å². The van der Waals surface area contributed by atoms with Gasteiger partial charge in [0.2, 0.25) is 0 Å². The van der Waals surface area contributed by atoms with Gasteiger partial charge in [0.1, 0.15) is 0 Å². The average molecular weight is 201 g/mol. The largest absolute Gasteiger partial charge is 0.381 e. The Morgan fingerprint density at radius 1 is 1.21 bits per heavy atom. The molecule has 0 aliphatic heterocycles. The van der Waals surface area contributed by atoms with Crippen molar-refractivity contribution in [2.45, 2.75) is 53.0 Å². The van der Waals surface area contributed by atoms with E-state index in [1.807, 2.05) is 0 Å². The second-order valence-corrected chi connectivity index (χ2v) is 5.14. The zero-order valence-electron chi connectivity index (χ0n) is 10.5. The van der Waals surface area contributed by atoms with Gasteiger partial charge in [-0.2, -0.15) is 0 Å². The van der Waals surface area contributed by atoms with Crippen molar-refractivity contribution in [3.8, 4) is 0 Å². The first-order valence-electron chi connectivity index (χ1n) is 5.78. The van der Waals surface area contributed by atoms with Crippen LogP contribution in [0.2, 0.25) is 0 Å². The first kappa shape index (κ1) is 13.9. The maximum absolute atomic E-state index is 5.46. The van der Waals surface area contributed by atoms with Crippen molar-refractivity contribution >= 4 is 0 Å². The van der Waals surface area contributed by atoms with Gasteiger partial charge < -0.3 is 10.1 Å². The van der Waals surface area contributed by atoms with E-state index in [-0.39, 0.29) is 5.54 Å². The number of hydrogen-bond acceptors (Lipinski definition) is 2. The second-order valence-electron chi connectivity index (χ2n) is 5.14. The molecule has 0 aromatic carbocycles. The third kappa shape index (κ3) is 10.0. The Labute approximate surface area is 89.4 Å². The molecule has 0 spiro atoms. The molecular formula is C12H27NO. The Balaban J connectivity index is 3.32. The molecule has 0 aliphatic rings. The highest BCUT2D eigenvalue weighted by Crippen LogP contribution is 2.04. The molecule has 1 N–H and O–H groups in total. The minimum absolute atomic E-state index is 0.235. The van der Waals surface area contributed by atoms with Crippen LogP contribution in [0.25, 0.3) is 0 Å². The lowest BCUT2D eigenvalue weighted by Gasteiger charge is -2.23. The third-order valence-corrected chi connectivity index (χ3v) is 2.08. The van der Waals surface area contributed by atoms with Crippen LogP contribution in [-0.4, -0.2) is 25.3 Å². The molecule has 2 nitrogen and oxygen atoms in total. The van der Waals surface area contributed by atoms with Crippen LogP contribution in [0.1, 0.15) is 47.5 Å². The maximum atomic E-state index is 5.46. The standard InChI is InChI=1S/C12H27NO/c1-6-8-14-9-7-11(2)10-13-12(3,4)5/h11,13H,6-10H2,1-5H3. The van der Waals surface area contributed by atoms with Crippen LogP contribution < -0.4 is 5.32 Å². The van der Waals surface area contributed by atoms with Gasteiger partial charge in [-0.05, 0) is 46.1 Å². The Bertz CT molecular complexity index is 129. The monoisotopic (exact) mass is 201 g/mol. The van der Waals surface area contributed by atoms with Crippen LogP contribution in [0.3, 0.4) is 0 Å². The topological polar surface area (TPSA) is 21.3 Å². The lowest BCUT2D eigenvalue weighted by molar-refractivity contribution is 0.121. The minimum atomic E-state index is 0.235. The molecule has 0 saturated heterocycles. The summed E-state index contributed by atoms with van der Waals surface area (Å²) in [7, 11) is 0. The van der Waals surface area contributed by atoms with Gasteiger partial charge in [-0.15, -0.1) is 0 Å². The summed E-state index contributed by atoms with van der Waals surface area (Å²) < 4.78 is 5.46. The van der Waals surface area contributed by atoms with E-state index in [0.717, 1.165) is 32.6 Å². The molecule has 0 heterocycles. The van der Waals surface area contributed by atoms with Crippen LogP contribution in [-0.2, 0) is 4.74 Å². The van der Waals surface area contributed by atoms with Crippen molar-refractivity contribution in [2.24, 2.45) is 5.92 Å². The predicted octanol–water partition coefficient (Wildman–Crippen LogP) is 2.83. The number of hydrogen-bond donors (Lipinski definition) is 1. The molecule has 0 aromatic rings. The summed E-state index contributed by atoms with van der Waals surface area (Å²) in [6.07, 6.45) is 2.28. The van der Waals surface area contributed by atoms with Gasteiger partial charge in [0.15, 0.2) is 0 Å². The Hall–Kier alpha value is -0.0800. The Morgan fingerprint density at radius 3 is 2.36 bits per heavy atom. The molecule has 2 heteroatoms. The fraction of sp³-hybridized carbons (Fsp3) is 1.00. The molecule has 0 amide bonds. The predicted molar refractivity (Wildman–Crippen MR) is 62.6 cm³/mol. The summed E-state index contributed by atoms with van der Waals surface area (Å²) in [6, 6.07) is 0. The normalized spacial score (nSPS) is 14.4. The molecule has 0 rings (SSSR count). The lowest BCUT2D eigenvalue weighted by Crippen LogP contribution is -2.38. The number of rotatable bonds is 7. The summed E-state index contributed by atoms with van der Waals surface area (Å²) in [5, 5.41) is 3.51. The average Bonchev–Trinajstić information content (AvgIpc) is 2.08. The van der Waals surface area contributed by atoms with Crippen LogP contribution in [0.15, 0.2) is 0 Å². The van der Waals surface area contributed by atoms with Gasteiger partial charge in [-0.1, -0.05) is 13.8 Å². The van der Waals surface area contributed by atoms with E-state index in [9.17, 15) is 0 Å². The second kappa shape index (κ2) is 7.24. The Morgan fingerprint density at radius 2 is 1.86 bits per heavy atom. The molecule has 0 aliphatic carbocycles. The molecule has 14 heavy (non-hydrogen) atoms. The van der Waals surface area contributed by atoms with E-state index in [1.54, 1.807) is 0 Å². The van der Waals surface area contributed by atoms with Gasteiger partial charge in [0, 0.05) is 18.8 Å². The van der Waals surface area contributed by atoms with E-state index in [0.29, 0.717) is 5.92 Å². The number of nitrogens with one attached hydrogen (secondary N) is 1. The molecule has 1 atom stereocenters. The molecule has 0 fully saturated rings. The lowest BCUT2D eigenvalue weighted by atomic mass is 10.0. The molecule has 1 unspecified atom stereocenters. The van der Waals surface area contributed by atoms with Crippen LogP contribution in [0.4, 0.5) is 0 Å². The zero-order valence-corrected chi connectivity index (χ0v) is 10.5. The van der Waals surface area contributed by atoms with Crippen molar-refractivity contribution in [3.63, 3.8) is 0 Å². The SMILES string of the molecule is CCCOCCC(C)CNC(C)(C)C. The number of ether oxygens (including phenoxy) is 1. The summed E-state index contributed by atoms with van der Waals surface area (Å²) in [4.78, 5) is 0. The molecule has 86 valence electrons. The van der Waals surface area contributed by atoms with Crippen LogP contribution in [0, 0.1) is 5.92 Å². The van der Waals surface area contributed by atoms with Crippen molar-refractivity contribution in [1.82, 2.24) is 5.32 Å². The molecule has 0 saturated carbocycles. The zero-order chi connectivity index (χ0) is 11.0. The van der Waals surface area contributed by atoms with E-state index in [2.05, 4.69) is 39.9 Å². The van der Waals surface area contributed by atoms with Crippen molar-refractivity contribution in [3.05, 3.63) is 0 Å². The highest BCUT2D eigenvalue weighted by atomic mass is 16.5. The first-order chi connectivity index (χ1) is 6.45. The van der Waals surface area contributed by atoms with E-state index >= 15 is 0 Å².